The first-order chi connectivity index (χ1) is 12.6. The fourth-order valence-electron chi connectivity index (χ4n) is 3.12. The van der Waals surface area contributed by atoms with E-state index in [1.807, 2.05) is 30.3 Å². The van der Waals surface area contributed by atoms with Crippen molar-refractivity contribution in [1.29, 1.82) is 0 Å². The Morgan fingerprint density at radius 1 is 1.19 bits per heavy atom. The molecule has 1 aromatic carbocycles. The summed E-state index contributed by atoms with van der Waals surface area (Å²) >= 11 is 0. The van der Waals surface area contributed by atoms with Crippen LogP contribution in [0.4, 0.5) is 10.5 Å². The Labute approximate surface area is 151 Å². The van der Waals surface area contributed by atoms with Gasteiger partial charge in [0.15, 0.2) is 0 Å². The summed E-state index contributed by atoms with van der Waals surface area (Å²) in [7, 11) is 0. The van der Waals surface area contributed by atoms with E-state index in [1.54, 1.807) is 4.90 Å². The minimum atomic E-state index is -1.01. The Morgan fingerprint density at radius 3 is 2.46 bits per heavy atom. The molecule has 26 heavy (non-hydrogen) atoms. The first kappa shape index (κ1) is 18.0. The first-order valence-corrected chi connectivity index (χ1v) is 8.63. The van der Waals surface area contributed by atoms with E-state index in [0.29, 0.717) is 26.2 Å². The van der Waals surface area contributed by atoms with E-state index in [0.717, 1.165) is 5.69 Å². The Bertz CT molecular complexity index is 660. The number of carbonyl (C=O) groups is 3. The Hall–Kier alpha value is -2.81. The molecule has 0 spiro atoms. The van der Waals surface area contributed by atoms with Crippen molar-refractivity contribution in [2.24, 2.45) is 0 Å². The quantitative estimate of drug-likeness (QED) is 0.509. The van der Waals surface area contributed by atoms with E-state index in [1.165, 1.54) is 0 Å². The molecule has 4 amide bonds. The molecule has 3 rings (SSSR count). The maximum absolute atomic E-state index is 12.6. The Morgan fingerprint density at radius 2 is 1.88 bits per heavy atom. The van der Waals surface area contributed by atoms with Crippen molar-refractivity contribution < 1.29 is 19.5 Å². The van der Waals surface area contributed by atoms with Gasteiger partial charge in [0.2, 0.25) is 11.8 Å². The molecule has 0 bridgehead atoms. The number of urea groups is 1. The standard InChI is InChI=1S/C17H23N5O4/c23-11-14(19-15(24)13-10-18-17(26)20-13)16(25)22-8-6-21(7-9-22)12-4-2-1-3-5-12/h1-5,13-14,23H,6-11H2,(H,19,24)(H2,18,20,26)/t13?,14-/m0/s1. The van der Waals surface area contributed by atoms with Gasteiger partial charge < -0.3 is 30.9 Å². The predicted octanol–water partition coefficient (Wildman–Crippen LogP) is -1.51. The number of carbonyl (C=O) groups excluding carboxylic acids is 3. The number of aliphatic hydroxyl groups is 1. The average Bonchev–Trinajstić information content (AvgIpc) is 3.13. The lowest BCUT2D eigenvalue weighted by Gasteiger charge is -2.37. The van der Waals surface area contributed by atoms with Crippen LogP contribution in [0.1, 0.15) is 0 Å². The smallest absolute Gasteiger partial charge is 0.315 e. The highest BCUT2D eigenvalue weighted by atomic mass is 16.3. The number of nitrogens with zero attached hydrogens (tertiary/aromatic N) is 2. The average molecular weight is 361 g/mol. The van der Waals surface area contributed by atoms with Gasteiger partial charge in [-0.15, -0.1) is 0 Å². The van der Waals surface area contributed by atoms with Crippen molar-refractivity contribution in [2.75, 3.05) is 44.2 Å². The number of benzene rings is 1. The van der Waals surface area contributed by atoms with Gasteiger partial charge in [-0.3, -0.25) is 9.59 Å². The van der Waals surface area contributed by atoms with Crippen LogP contribution in [-0.4, -0.2) is 79.3 Å². The summed E-state index contributed by atoms with van der Waals surface area (Å²) in [6.07, 6.45) is 0. The molecule has 0 aliphatic carbocycles. The van der Waals surface area contributed by atoms with Gasteiger partial charge in [-0.2, -0.15) is 0 Å². The van der Waals surface area contributed by atoms with Crippen LogP contribution >= 0.6 is 0 Å². The van der Waals surface area contributed by atoms with Crippen LogP contribution in [0.3, 0.4) is 0 Å². The zero-order valence-corrected chi connectivity index (χ0v) is 14.4. The van der Waals surface area contributed by atoms with Gasteiger partial charge in [-0.1, -0.05) is 18.2 Å². The Kier molecular flexibility index (Phi) is 5.57. The van der Waals surface area contributed by atoms with Crippen molar-refractivity contribution >= 4 is 23.5 Å². The lowest BCUT2D eigenvalue weighted by Crippen LogP contribution is -2.58. The van der Waals surface area contributed by atoms with Crippen LogP contribution in [0.2, 0.25) is 0 Å². The minimum absolute atomic E-state index is 0.159. The molecule has 2 atom stereocenters. The molecule has 2 aliphatic rings. The van der Waals surface area contributed by atoms with E-state index in [-0.39, 0.29) is 12.5 Å². The van der Waals surface area contributed by atoms with Crippen LogP contribution in [0.15, 0.2) is 30.3 Å². The van der Waals surface area contributed by atoms with Crippen molar-refractivity contribution in [1.82, 2.24) is 20.9 Å². The monoisotopic (exact) mass is 361 g/mol. The maximum atomic E-state index is 12.6. The zero-order chi connectivity index (χ0) is 18.5. The molecular formula is C17H23N5O4. The fourth-order valence-corrected chi connectivity index (χ4v) is 3.12. The molecule has 2 heterocycles. The third-order valence-electron chi connectivity index (χ3n) is 4.60. The lowest BCUT2D eigenvalue weighted by molar-refractivity contribution is -0.138. The van der Waals surface area contributed by atoms with Crippen LogP contribution in [0.5, 0.6) is 0 Å². The molecule has 2 fully saturated rings. The minimum Gasteiger partial charge on any atom is -0.394 e. The molecule has 9 nitrogen and oxygen atoms in total. The highest BCUT2D eigenvalue weighted by molar-refractivity contribution is 5.93. The number of amides is 4. The molecule has 140 valence electrons. The number of aliphatic hydroxyl groups excluding tert-OH is 1. The number of hydrogen-bond acceptors (Lipinski definition) is 5. The summed E-state index contributed by atoms with van der Waals surface area (Å²) in [6.45, 7) is 2.07. The van der Waals surface area contributed by atoms with E-state index in [4.69, 9.17) is 0 Å². The van der Waals surface area contributed by atoms with Crippen LogP contribution < -0.4 is 20.9 Å². The molecular weight excluding hydrogens is 338 g/mol. The van der Waals surface area contributed by atoms with Gasteiger partial charge in [0.25, 0.3) is 0 Å². The summed E-state index contributed by atoms with van der Waals surface area (Å²) in [4.78, 5) is 39.7. The van der Waals surface area contributed by atoms with Gasteiger partial charge in [0, 0.05) is 38.4 Å². The third-order valence-corrected chi connectivity index (χ3v) is 4.60. The molecule has 9 heteroatoms. The second kappa shape index (κ2) is 8.05. The molecule has 1 aromatic rings. The summed E-state index contributed by atoms with van der Waals surface area (Å²) in [5.74, 6) is -0.801. The number of hydrogen-bond donors (Lipinski definition) is 4. The fraction of sp³-hybridized carbons (Fsp3) is 0.471. The van der Waals surface area contributed by atoms with E-state index in [9.17, 15) is 19.5 Å². The molecule has 0 saturated carbocycles. The van der Waals surface area contributed by atoms with Gasteiger partial charge in [-0.05, 0) is 12.1 Å². The highest BCUT2D eigenvalue weighted by Gasteiger charge is 2.32. The predicted molar refractivity (Wildman–Crippen MR) is 94.6 cm³/mol. The molecule has 1 unspecified atom stereocenters. The van der Waals surface area contributed by atoms with Crippen molar-refractivity contribution in [3.05, 3.63) is 30.3 Å². The van der Waals surface area contributed by atoms with E-state index < -0.39 is 30.6 Å². The highest BCUT2D eigenvalue weighted by Crippen LogP contribution is 2.15. The number of rotatable bonds is 5. The summed E-state index contributed by atoms with van der Waals surface area (Å²) in [5.41, 5.74) is 1.11. The molecule has 2 aliphatic heterocycles. The van der Waals surface area contributed by atoms with Crippen molar-refractivity contribution in [2.45, 2.75) is 12.1 Å². The van der Waals surface area contributed by atoms with Crippen LogP contribution in [0.25, 0.3) is 0 Å². The Balaban J connectivity index is 1.52. The molecule has 0 radical (unpaired) electrons. The summed E-state index contributed by atoms with van der Waals surface area (Å²) in [6, 6.07) is 7.79. The van der Waals surface area contributed by atoms with Gasteiger partial charge in [0.05, 0.1) is 6.61 Å². The lowest BCUT2D eigenvalue weighted by atomic mass is 10.2. The third kappa shape index (κ3) is 4.05. The molecule has 0 aromatic heterocycles. The number of nitrogens with one attached hydrogen (secondary N) is 3. The van der Waals surface area contributed by atoms with Gasteiger partial charge in [0.1, 0.15) is 12.1 Å². The largest absolute Gasteiger partial charge is 0.394 e. The first-order valence-electron chi connectivity index (χ1n) is 8.63. The second-order valence-electron chi connectivity index (χ2n) is 6.30. The van der Waals surface area contributed by atoms with E-state index in [2.05, 4.69) is 20.9 Å². The number of anilines is 1. The molecule has 2 saturated heterocycles. The number of piperazine rings is 1. The molecule has 4 N–H and O–H groups in total. The van der Waals surface area contributed by atoms with Crippen LogP contribution in [-0.2, 0) is 9.59 Å². The topological polar surface area (TPSA) is 114 Å². The van der Waals surface area contributed by atoms with Crippen LogP contribution in [0, 0.1) is 0 Å². The number of para-hydroxylation sites is 1. The van der Waals surface area contributed by atoms with Crippen molar-refractivity contribution in [3.8, 4) is 0 Å². The summed E-state index contributed by atoms with van der Waals surface area (Å²) < 4.78 is 0. The summed E-state index contributed by atoms with van der Waals surface area (Å²) in [5, 5.41) is 17.0. The second-order valence-corrected chi connectivity index (χ2v) is 6.30. The van der Waals surface area contributed by atoms with Gasteiger partial charge >= 0.3 is 6.03 Å². The zero-order valence-electron chi connectivity index (χ0n) is 14.4. The normalized spacial score (nSPS) is 21.0. The van der Waals surface area contributed by atoms with Gasteiger partial charge in [-0.25, -0.2) is 4.79 Å². The van der Waals surface area contributed by atoms with Crippen molar-refractivity contribution in [3.63, 3.8) is 0 Å². The maximum Gasteiger partial charge on any atom is 0.315 e. The van der Waals surface area contributed by atoms with E-state index >= 15 is 0 Å². The SMILES string of the molecule is O=C1NCC(C(=O)N[C@@H](CO)C(=O)N2CCN(c3ccccc3)CC2)N1.